The number of nitrogens with one attached hydrogen (secondary N) is 2. The van der Waals surface area contributed by atoms with Crippen molar-refractivity contribution in [3.05, 3.63) is 64.2 Å². The maximum atomic E-state index is 13.0. The number of likely N-dealkylation sites (tertiary alicyclic amines) is 1. The van der Waals surface area contributed by atoms with Crippen LogP contribution >= 0.6 is 11.6 Å². The van der Waals surface area contributed by atoms with E-state index < -0.39 is 11.9 Å². The SMILES string of the molecule is O=C1CCC(N2Cc3c(OCCCN4CCCC4C(=O)NCc4cccc(Cl)c4)cccc3C2=O)C(=O)N1. The summed E-state index contributed by atoms with van der Waals surface area (Å²) in [6.07, 6.45) is 3.07. The fourth-order valence-corrected chi connectivity index (χ4v) is 5.70. The highest BCUT2D eigenvalue weighted by Crippen LogP contribution is 2.33. The third-order valence-corrected chi connectivity index (χ3v) is 7.64. The quantitative estimate of drug-likeness (QED) is 0.375. The number of benzene rings is 2. The van der Waals surface area contributed by atoms with Crippen LogP contribution in [0.3, 0.4) is 0 Å². The lowest BCUT2D eigenvalue weighted by Gasteiger charge is -2.29. The van der Waals surface area contributed by atoms with E-state index in [9.17, 15) is 19.2 Å². The molecule has 10 heteroatoms. The Morgan fingerprint density at radius 2 is 1.97 bits per heavy atom. The van der Waals surface area contributed by atoms with E-state index in [1.807, 2.05) is 30.3 Å². The Labute approximate surface area is 226 Å². The molecule has 200 valence electrons. The highest BCUT2D eigenvalue weighted by Gasteiger charge is 2.40. The van der Waals surface area contributed by atoms with Gasteiger partial charge >= 0.3 is 0 Å². The zero-order valence-electron chi connectivity index (χ0n) is 21.1. The molecule has 2 saturated heterocycles. The molecule has 3 aliphatic heterocycles. The predicted molar refractivity (Wildman–Crippen MR) is 140 cm³/mol. The van der Waals surface area contributed by atoms with Crippen molar-refractivity contribution < 1.29 is 23.9 Å². The van der Waals surface area contributed by atoms with Gasteiger partial charge in [-0.25, -0.2) is 0 Å². The predicted octanol–water partition coefficient (Wildman–Crippen LogP) is 2.65. The average molecular weight is 539 g/mol. The molecule has 2 aromatic rings. The summed E-state index contributed by atoms with van der Waals surface area (Å²) in [6, 6.07) is 12.0. The molecule has 4 amide bonds. The maximum absolute atomic E-state index is 13.0. The van der Waals surface area contributed by atoms with Crippen molar-refractivity contribution in [2.75, 3.05) is 19.7 Å². The first kappa shape index (κ1) is 26.2. The Hall–Kier alpha value is -3.43. The lowest BCUT2D eigenvalue weighted by Crippen LogP contribution is -2.52. The molecule has 0 bridgehead atoms. The van der Waals surface area contributed by atoms with Crippen LogP contribution in [0.1, 0.15) is 53.6 Å². The summed E-state index contributed by atoms with van der Waals surface area (Å²) in [6.45, 7) is 2.76. The van der Waals surface area contributed by atoms with E-state index in [1.165, 1.54) is 4.90 Å². The number of nitrogens with zero attached hydrogens (tertiary/aromatic N) is 2. The van der Waals surface area contributed by atoms with E-state index in [0.717, 1.165) is 43.5 Å². The van der Waals surface area contributed by atoms with E-state index in [4.69, 9.17) is 16.3 Å². The zero-order chi connectivity index (χ0) is 26.6. The van der Waals surface area contributed by atoms with E-state index in [-0.39, 0.29) is 36.7 Å². The minimum Gasteiger partial charge on any atom is -0.493 e. The number of hydrogen-bond acceptors (Lipinski definition) is 6. The second-order valence-corrected chi connectivity index (χ2v) is 10.4. The lowest BCUT2D eigenvalue weighted by atomic mass is 10.0. The molecule has 0 aliphatic carbocycles. The Kier molecular flexibility index (Phi) is 7.95. The van der Waals surface area contributed by atoms with Crippen LogP contribution in [0.15, 0.2) is 42.5 Å². The number of halogens is 1. The molecule has 0 radical (unpaired) electrons. The summed E-state index contributed by atoms with van der Waals surface area (Å²) in [4.78, 5) is 53.4. The fraction of sp³-hybridized carbons (Fsp3) is 0.429. The van der Waals surface area contributed by atoms with Crippen LogP contribution in [0.2, 0.25) is 5.02 Å². The Morgan fingerprint density at radius 3 is 2.79 bits per heavy atom. The Bertz CT molecular complexity index is 1250. The summed E-state index contributed by atoms with van der Waals surface area (Å²) in [5.74, 6) is -0.303. The van der Waals surface area contributed by atoms with Crippen LogP contribution in [0.5, 0.6) is 5.75 Å². The summed E-state index contributed by atoms with van der Waals surface area (Å²) in [7, 11) is 0. The standard InChI is InChI=1S/C28H31ClN4O5/c29-19-6-1-5-18(15-19)16-30-26(35)22-8-3-12-32(22)13-4-14-38-24-9-2-7-20-21(24)17-33(28(20)37)23-10-11-25(34)31-27(23)36/h1-2,5-7,9,15,22-23H,3-4,8,10-14,16-17H2,(H,30,35)(H,31,34,36). The molecular formula is C28H31ClN4O5. The van der Waals surface area contributed by atoms with Gasteiger partial charge in [0, 0.05) is 35.7 Å². The van der Waals surface area contributed by atoms with Gasteiger partial charge in [-0.3, -0.25) is 29.4 Å². The maximum Gasteiger partial charge on any atom is 0.255 e. The van der Waals surface area contributed by atoms with Gasteiger partial charge in [0.2, 0.25) is 17.7 Å². The highest BCUT2D eigenvalue weighted by molar-refractivity contribution is 6.30. The lowest BCUT2D eigenvalue weighted by molar-refractivity contribution is -0.137. The topological polar surface area (TPSA) is 108 Å². The van der Waals surface area contributed by atoms with Crippen molar-refractivity contribution in [1.82, 2.24) is 20.4 Å². The first-order chi connectivity index (χ1) is 18.4. The van der Waals surface area contributed by atoms with Gasteiger partial charge in [0.15, 0.2) is 0 Å². The van der Waals surface area contributed by atoms with Crippen molar-refractivity contribution in [3.8, 4) is 5.75 Å². The number of carbonyl (C=O) groups excluding carboxylic acids is 4. The van der Waals surface area contributed by atoms with Gasteiger partial charge in [-0.05, 0) is 62.1 Å². The number of imide groups is 1. The molecule has 3 aliphatic rings. The van der Waals surface area contributed by atoms with Crippen LogP contribution in [0.25, 0.3) is 0 Å². The van der Waals surface area contributed by atoms with Crippen molar-refractivity contribution in [1.29, 1.82) is 0 Å². The normalized spacial score (nSPS) is 21.4. The fourth-order valence-electron chi connectivity index (χ4n) is 5.49. The number of rotatable bonds is 9. The van der Waals surface area contributed by atoms with E-state index in [0.29, 0.717) is 35.9 Å². The van der Waals surface area contributed by atoms with Crippen LogP contribution in [0.4, 0.5) is 0 Å². The number of carbonyl (C=O) groups is 4. The number of fused-ring (bicyclic) bond motifs is 1. The summed E-state index contributed by atoms with van der Waals surface area (Å²) in [5.41, 5.74) is 2.26. The first-order valence-electron chi connectivity index (χ1n) is 13.1. The molecule has 0 saturated carbocycles. The van der Waals surface area contributed by atoms with E-state index >= 15 is 0 Å². The van der Waals surface area contributed by atoms with Crippen LogP contribution in [-0.4, -0.2) is 65.2 Å². The molecule has 2 fully saturated rings. The van der Waals surface area contributed by atoms with Crippen molar-refractivity contribution in [2.45, 2.75) is 57.3 Å². The number of hydrogen-bond donors (Lipinski definition) is 2. The molecule has 0 aromatic heterocycles. The molecule has 2 atom stereocenters. The number of piperidine rings is 1. The molecule has 38 heavy (non-hydrogen) atoms. The Morgan fingerprint density at radius 1 is 1.13 bits per heavy atom. The van der Waals surface area contributed by atoms with Crippen LogP contribution < -0.4 is 15.4 Å². The van der Waals surface area contributed by atoms with Crippen molar-refractivity contribution in [3.63, 3.8) is 0 Å². The molecular weight excluding hydrogens is 508 g/mol. The van der Waals surface area contributed by atoms with Crippen molar-refractivity contribution in [2.24, 2.45) is 0 Å². The van der Waals surface area contributed by atoms with Gasteiger partial charge in [-0.1, -0.05) is 29.8 Å². The molecule has 2 aromatic carbocycles. The third kappa shape index (κ3) is 5.68. The zero-order valence-corrected chi connectivity index (χ0v) is 21.8. The third-order valence-electron chi connectivity index (χ3n) is 7.41. The highest BCUT2D eigenvalue weighted by atomic mass is 35.5. The average Bonchev–Trinajstić information content (AvgIpc) is 3.50. The molecule has 9 nitrogen and oxygen atoms in total. The van der Waals surface area contributed by atoms with Gasteiger partial charge in [-0.15, -0.1) is 0 Å². The van der Waals surface area contributed by atoms with Crippen LogP contribution in [-0.2, 0) is 27.5 Å². The second kappa shape index (κ2) is 11.5. The summed E-state index contributed by atoms with van der Waals surface area (Å²) in [5, 5.41) is 6.00. The van der Waals surface area contributed by atoms with Gasteiger partial charge in [0.05, 0.1) is 19.2 Å². The number of amides is 4. The molecule has 2 N–H and O–H groups in total. The van der Waals surface area contributed by atoms with E-state index in [2.05, 4.69) is 15.5 Å². The summed E-state index contributed by atoms with van der Waals surface area (Å²) < 4.78 is 6.08. The van der Waals surface area contributed by atoms with Gasteiger partial charge in [0.25, 0.3) is 5.91 Å². The summed E-state index contributed by atoms with van der Waals surface area (Å²) >= 11 is 6.04. The Balaban J connectivity index is 1.12. The minimum absolute atomic E-state index is 0.0244. The van der Waals surface area contributed by atoms with Gasteiger partial charge < -0.3 is 15.0 Å². The monoisotopic (exact) mass is 538 g/mol. The molecule has 3 heterocycles. The molecule has 2 unspecified atom stereocenters. The largest absolute Gasteiger partial charge is 0.493 e. The smallest absolute Gasteiger partial charge is 0.255 e. The first-order valence-corrected chi connectivity index (χ1v) is 13.4. The number of ether oxygens (including phenoxy) is 1. The van der Waals surface area contributed by atoms with Gasteiger partial charge in [0.1, 0.15) is 11.8 Å². The molecule has 0 spiro atoms. The second-order valence-electron chi connectivity index (χ2n) is 9.93. The molecule has 5 rings (SSSR count). The van der Waals surface area contributed by atoms with Crippen LogP contribution in [0, 0.1) is 0 Å². The van der Waals surface area contributed by atoms with Crippen molar-refractivity contribution >= 4 is 35.2 Å². The van der Waals surface area contributed by atoms with E-state index in [1.54, 1.807) is 12.1 Å². The van der Waals surface area contributed by atoms with Gasteiger partial charge in [-0.2, -0.15) is 0 Å². The minimum atomic E-state index is -0.655.